The number of anilines is 1. The second kappa shape index (κ2) is 6.56. The van der Waals surface area contributed by atoms with E-state index in [4.69, 9.17) is 16.3 Å². The van der Waals surface area contributed by atoms with E-state index in [1.807, 2.05) is 25.1 Å². The lowest BCUT2D eigenvalue weighted by Gasteiger charge is -2.17. The summed E-state index contributed by atoms with van der Waals surface area (Å²) in [6, 6.07) is 12.6. The van der Waals surface area contributed by atoms with Crippen molar-refractivity contribution in [1.82, 2.24) is 4.98 Å². The number of rotatable bonds is 4. The molecule has 0 atom stereocenters. The second-order valence-electron chi connectivity index (χ2n) is 4.89. The second-order valence-corrected chi connectivity index (χ2v) is 6.33. The number of thiazole rings is 1. The summed E-state index contributed by atoms with van der Waals surface area (Å²) in [6.07, 6.45) is 0. The third kappa shape index (κ3) is 3.16. The van der Waals surface area contributed by atoms with Gasteiger partial charge in [-0.1, -0.05) is 22.9 Å². The van der Waals surface area contributed by atoms with E-state index < -0.39 is 0 Å². The number of ether oxygens (including phenoxy) is 1. The molecule has 1 aromatic heterocycles. The summed E-state index contributed by atoms with van der Waals surface area (Å²) < 4.78 is 6.13. The maximum Gasteiger partial charge on any atom is 0.260 e. The average molecular weight is 347 g/mol. The SMILES string of the molecule is CCN(C(=O)c1ccc(OC)cc1)c1nc2cc(Cl)ccc2s1. The van der Waals surface area contributed by atoms with E-state index in [1.54, 1.807) is 36.3 Å². The molecule has 0 aliphatic rings. The van der Waals surface area contributed by atoms with Gasteiger partial charge in [-0.2, -0.15) is 0 Å². The molecule has 118 valence electrons. The molecule has 0 fully saturated rings. The predicted octanol–water partition coefficient (Wildman–Crippen LogP) is 4.63. The minimum Gasteiger partial charge on any atom is -0.497 e. The Morgan fingerprint density at radius 3 is 2.65 bits per heavy atom. The third-order valence-electron chi connectivity index (χ3n) is 3.47. The van der Waals surface area contributed by atoms with Gasteiger partial charge in [0.25, 0.3) is 5.91 Å². The lowest BCUT2D eigenvalue weighted by atomic mass is 10.2. The largest absolute Gasteiger partial charge is 0.497 e. The van der Waals surface area contributed by atoms with Crippen molar-refractivity contribution in [2.24, 2.45) is 0 Å². The minimum atomic E-state index is -0.0830. The summed E-state index contributed by atoms with van der Waals surface area (Å²) in [5.74, 6) is 0.638. The summed E-state index contributed by atoms with van der Waals surface area (Å²) in [4.78, 5) is 19.0. The molecule has 23 heavy (non-hydrogen) atoms. The van der Waals surface area contributed by atoms with Gasteiger partial charge in [-0.15, -0.1) is 0 Å². The number of hydrogen-bond donors (Lipinski definition) is 0. The van der Waals surface area contributed by atoms with E-state index in [1.165, 1.54) is 11.3 Å². The standard InChI is InChI=1S/C17H15ClN2O2S/c1-3-20(16(21)11-4-7-13(22-2)8-5-11)17-19-14-10-12(18)6-9-15(14)23-17/h4-10H,3H2,1-2H3. The molecule has 1 heterocycles. The molecule has 0 saturated heterocycles. The first-order chi connectivity index (χ1) is 11.1. The van der Waals surface area contributed by atoms with Crippen molar-refractivity contribution in [1.29, 1.82) is 0 Å². The molecule has 0 N–H and O–H groups in total. The predicted molar refractivity (Wildman–Crippen MR) is 95.0 cm³/mol. The smallest absolute Gasteiger partial charge is 0.260 e. The summed E-state index contributed by atoms with van der Waals surface area (Å²) in [7, 11) is 1.60. The molecule has 3 aromatic rings. The highest BCUT2D eigenvalue weighted by molar-refractivity contribution is 7.22. The molecule has 2 aromatic carbocycles. The first kappa shape index (κ1) is 15.8. The zero-order valence-corrected chi connectivity index (χ0v) is 14.3. The van der Waals surface area contributed by atoms with Crippen LogP contribution in [0.1, 0.15) is 17.3 Å². The van der Waals surface area contributed by atoms with Gasteiger partial charge in [0.15, 0.2) is 5.13 Å². The Bertz CT molecular complexity index is 845. The van der Waals surface area contributed by atoms with Crippen molar-refractivity contribution in [3.05, 3.63) is 53.1 Å². The molecule has 1 amide bonds. The number of halogens is 1. The number of methoxy groups -OCH3 is 1. The average Bonchev–Trinajstić information content (AvgIpc) is 2.98. The van der Waals surface area contributed by atoms with Gasteiger partial charge in [-0.3, -0.25) is 9.69 Å². The molecular weight excluding hydrogens is 332 g/mol. The molecule has 6 heteroatoms. The zero-order chi connectivity index (χ0) is 16.4. The maximum absolute atomic E-state index is 12.7. The summed E-state index contributed by atoms with van der Waals surface area (Å²) in [6.45, 7) is 2.47. The zero-order valence-electron chi connectivity index (χ0n) is 12.7. The topological polar surface area (TPSA) is 42.4 Å². The van der Waals surface area contributed by atoms with Crippen molar-refractivity contribution in [2.45, 2.75) is 6.92 Å². The van der Waals surface area contributed by atoms with Crippen LogP contribution in [0, 0.1) is 0 Å². The molecule has 0 bridgehead atoms. The van der Waals surface area contributed by atoms with Crippen LogP contribution in [0.2, 0.25) is 5.02 Å². The number of aromatic nitrogens is 1. The Morgan fingerprint density at radius 1 is 1.26 bits per heavy atom. The normalized spacial score (nSPS) is 10.7. The van der Waals surface area contributed by atoms with Crippen LogP contribution in [0.3, 0.4) is 0 Å². The van der Waals surface area contributed by atoms with Crippen LogP contribution >= 0.6 is 22.9 Å². The van der Waals surface area contributed by atoms with Gasteiger partial charge in [-0.05, 0) is 49.4 Å². The quantitative estimate of drug-likeness (QED) is 0.692. The lowest BCUT2D eigenvalue weighted by Crippen LogP contribution is -2.30. The van der Waals surface area contributed by atoms with Crippen LogP contribution in [0.15, 0.2) is 42.5 Å². The molecule has 0 spiro atoms. The number of nitrogens with zero attached hydrogens (tertiary/aromatic N) is 2. The Morgan fingerprint density at radius 2 is 2.00 bits per heavy atom. The van der Waals surface area contributed by atoms with Gasteiger partial charge < -0.3 is 4.74 Å². The van der Waals surface area contributed by atoms with E-state index in [-0.39, 0.29) is 5.91 Å². The van der Waals surface area contributed by atoms with Gasteiger partial charge in [0, 0.05) is 17.1 Å². The number of benzene rings is 2. The van der Waals surface area contributed by atoms with Crippen molar-refractivity contribution >= 4 is 44.2 Å². The van der Waals surface area contributed by atoms with Crippen molar-refractivity contribution < 1.29 is 9.53 Å². The van der Waals surface area contributed by atoms with Crippen LogP contribution in [0.4, 0.5) is 5.13 Å². The minimum absolute atomic E-state index is 0.0830. The number of hydrogen-bond acceptors (Lipinski definition) is 4. The summed E-state index contributed by atoms with van der Waals surface area (Å²) >= 11 is 7.48. The summed E-state index contributed by atoms with van der Waals surface area (Å²) in [5.41, 5.74) is 1.41. The molecule has 3 rings (SSSR count). The van der Waals surface area contributed by atoms with E-state index >= 15 is 0 Å². The van der Waals surface area contributed by atoms with Gasteiger partial charge in [0.2, 0.25) is 0 Å². The molecule has 0 unspecified atom stereocenters. The third-order valence-corrected chi connectivity index (χ3v) is 4.76. The highest BCUT2D eigenvalue weighted by atomic mass is 35.5. The monoisotopic (exact) mass is 346 g/mol. The number of carbonyl (C=O) groups excluding carboxylic acids is 1. The van der Waals surface area contributed by atoms with Crippen molar-refractivity contribution in [2.75, 3.05) is 18.6 Å². The van der Waals surface area contributed by atoms with E-state index in [0.717, 1.165) is 16.0 Å². The molecule has 4 nitrogen and oxygen atoms in total. The van der Waals surface area contributed by atoms with Crippen molar-refractivity contribution in [3.63, 3.8) is 0 Å². The number of carbonyl (C=O) groups is 1. The molecule has 0 aliphatic heterocycles. The fourth-order valence-corrected chi connectivity index (χ4v) is 3.43. The van der Waals surface area contributed by atoms with E-state index in [2.05, 4.69) is 4.98 Å². The van der Waals surface area contributed by atoms with Gasteiger partial charge in [-0.25, -0.2) is 4.98 Å². The fraction of sp³-hybridized carbons (Fsp3) is 0.176. The Labute approximate surface area is 143 Å². The van der Waals surface area contributed by atoms with Gasteiger partial charge in [0.1, 0.15) is 5.75 Å². The first-order valence-electron chi connectivity index (χ1n) is 7.14. The Balaban J connectivity index is 1.94. The van der Waals surface area contributed by atoms with Crippen LogP contribution in [-0.2, 0) is 0 Å². The van der Waals surface area contributed by atoms with Crippen LogP contribution < -0.4 is 9.64 Å². The molecular formula is C17H15ClN2O2S. The highest BCUT2D eigenvalue weighted by Crippen LogP contribution is 2.31. The van der Waals surface area contributed by atoms with E-state index in [9.17, 15) is 4.79 Å². The molecule has 0 aliphatic carbocycles. The summed E-state index contributed by atoms with van der Waals surface area (Å²) in [5, 5.41) is 1.31. The lowest BCUT2D eigenvalue weighted by molar-refractivity contribution is 0.0988. The molecule has 0 saturated carbocycles. The maximum atomic E-state index is 12.7. The fourth-order valence-electron chi connectivity index (χ4n) is 2.26. The Hall–Kier alpha value is -2.11. The van der Waals surface area contributed by atoms with Crippen molar-refractivity contribution in [3.8, 4) is 5.75 Å². The Kier molecular flexibility index (Phi) is 4.50. The van der Waals surface area contributed by atoms with Crippen LogP contribution in [0.25, 0.3) is 10.2 Å². The first-order valence-corrected chi connectivity index (χ1v) is 8.34. The van der Waals surface area contributed by atoms with Crippen LogP contribution in [-0.4, -0.2) is 24.5 Å². The van der Waals surface area contributed by atoms with Gasteiger partial charge >= 0.3 is 0 Å². The van der Waals surface area contributed by atoms with Gasteiger partial charge in [0.05, 0.1) is 17.3 Å². The number of fused-ring (bicyclic) bond motifs is 1. The number of amides is 1. The highest BCUT2D eigenvalue weighted by Gasteiger charge is 2.19. The van der Waals surface area contributed by atoms with Crippen LogP contribution in [0.5, 0.6) is 5.75 Å². The van der Waals surface area contributed by atoms with E-state index in [0.29, 0.717) is 22.3 Å². The molecule has 0 radical (unpaired) electrons.